The van der Waals surface area contributed by atoms with Gasteiger partial charge in [0.2, 0.25) is 5.88 Å². The molecular formula is C14H23BrN2O. The van der Waals surface area contributed by atoms with Gasteiger partial charge >= 0.3 is 0 Å². The van der Waals surface area contributed by atoms with Crippen LogP contribution in [-0.2, 0) is 0 Å². The van der Waals surface area contributed by atoms with Crippen molar-refractivity contribution in [3.8, 4) is 5.88 Å². The van der Waals surface area contributed by atoms with Gasteiger partial charge in [0.15, 0.2) is 0 Å². The second-order valence-electron chi connectivity index (χ2n) is 4.12. The molecule has 0 aliphatic carbocycles. The number of nitrogens with zero attached hydrogens (tertiary/aromatic N) is 2. The van der Waals surface area contributed by atoms with Gasteiger partial charge in [-0.05, 0) is 25.8 Å². The van der Waals surface area contributed by atoms with Crippen molar-refractivity contribution >= 4 is 21.7 Å². The standard InChI is InChI=1S/C14H23BrN2O/c1-4-12(5-2)17(11-10-15)13-8-7-9-14(16-13)18-6-3/h7-9,12H,4-6,10-11H2,1-3H3. The Morgan fingerprint density at radius 2 is 2.00 bits per heavy atom. The maximum Gasteiger partial charge on any atom is 0.215 e. The molecular weight excluding hydrogens is 292 g/mol. The molecule has 18 heavy (non-hydrogen) atoms. The van der Waals surface area contributed by atoms with Crippen molar-refractivity contribution in [3.05, 3.63) is 18.2 Å². The Hall–Kier alpha value is -0.770. The van der Waals surface area contributed by atoms with Crippen LogP contribution in [0.25, 0.3) is 0 Å². The van der Waals surface area contributed by atoms with Crippen molar-refractivity contribution in [2.45, 2.75) is 39.7 Å². The lowest BCUT2D eigenvalue weighted by Gasteiger charge is -2.31. The van der Waals surface area contributed by atoms with E-state index < -0.39 is 0 Å². The number of halogens is 1. The van der Waals surface area contributed by atoms with Gasteiger partial charge in [-0.2, -0.15) is 4.98 Å². The van der Waals surface area contributed by atoms with E-state index in [4.69, 9.17) is 4.74 Å². The third-order valence-electron chi connectivity index (χ3n) is 3.00. The second-order valence-corrected chi connectivity index (χ2v) is 4.91. The summed E-state index contributed by atoms with van der Waals surface area (Å²) in [7, 11) is 0. The highest BCUT2D eigenvalue weighted by Crippen LogP contribution is 2.21. The highest BCUT2D eigenvalue weighted by molar-refractivity contribution is 9.09. The number of hydrogen-bond donors (Lipinski definition) is 0. The van der Waals surface area contributed by atoms with E-state index in [1.807, 2.05) is 19.1 Å². The molecule has 102 valence electrons. The fourth-order valence-electron chi connectivity index (χ4n) is 2.10. The number of anilines is 1. The number of aromatic nitrogens is 1. The second kappa shape index (κ2) is 8.35. The van der Waals surface area contributed by atoms with Crippen LogP contribution >= 0.6 is 15.9 Å². The van der Waals surface area contributed by atoms with Crippen LogP contribution in [0.5, 0.6) is 5.88 Å². The Bertz CT molecular complexity index is 342. The summed E-state index contributed by atoms with van der Waals surface area (Å²) in [6.45, 7) is 8.05. The van der Waals surface area contributed by atoms with Crippen LogP contribution in [0.15, 0.2) is 18.2 Å². The van der Waals surface area contributed by atoms with Crippen molar-refractivity contribution in [2.75, 3.05) is 23.4 Å². The maximum absolute atomic E-state index is 5.47. The van der Waals surface area contributed by atoms with Gasteiger partial charge in [0, 0.05) is 24.0 Å². The molecule has 0 bridgehead atoms. The lowest BCUT2D eigenvalue weighted by Crippen LogP contribution is -2.36. The summed E-state index contributed by atoms with van der Waals surface area (Å²) in [4.78, 5) is 6.94. The Balaban J connectivity index is 2.93. The topological polar surface area (TPSA) is 25.4 Å². The predicted molar refractivity (Wildman–Crippen MR) is 80.9 cm³/mol. The fraction of sp³-hybridized carbons (Fsp3) is 0.643. The van der Waals surface area contributed by atoms with Gasteiger partial charge in [0.05, 0.1) is 6.61 Å². The molecule has 0 N–H and O–H groups in total. The molecule has 0 aromatic carbocycles. The van der Waals surface area contributed by atoms with E-state index in [0.29, 0.717) is 18.5 Å². The van der Waals surface area contributed by atoms with E-state index in [1.54, 1.807) is 0 Å². The van der Waals surface area contributed by atoms with Crippen LogP contribution in [0, 0.1) is 0 Å². The molecule has 1 aromatic rings. The highest BCUT2D eigenvalue weighted by atomic mass is 79.9. The molecule has 3 nitrogen and oxygen atoms in total. The molecule has 0 atom stereocenters. The van der Waals surface area contributed by atoms with E-state index in [0.717, 1.165) is 30.5 Å². The van der Waals surface area contributed by atoms with Crippen molar-refractivity contribution < 1.29 is 4.74 Å². The average Bonchev–Trinajstić information content (AvgIpc) is 2.40. The van der Waals surface area contributed by atoms with Gasteiger partial charge in [-0.1, -0.05) is 35.8 Å². The largest absolute Gasteiger partial charge is 0.478 e. The Morgan fingerprint density at radius 1 is 1.28 bits per heavy atom. The van der Waals surface area contributed by atoms with Gasteiger partial charge < -0.3 is 9.64 Å². The minimum Gasteiger partial charge on any atom is -0.478 e. The lowest BCUT2D eigenvalue weighted by molar-refractivity contribution is 0.326. The molecule has 0 fully saturated rings. The number of alkyl halides is 1. The van der Waals surface area contributed by atoms with E-state index >= 15 is 0 Å². The molecule has 0 radical (unpaired) electrons. The van der Waals surface area contributed by atoms with Gasteiger partial charge in [-0.25, -0.2) is 0 Å². The molecule has 0 unspecified atom stereocenters. The van der Waals surface area contributed by atoms with Crippen LogP contribution in [0.4, 0.5) is 5.82 Å². The minimum absolute atomic E-state index is 0.534. The molecule has 0 spiro atoms. The summed E-state index contributed by atoms with van der Waals surface area (Å²) in [6, 6.07) is 6.51. The molecule has 0 saturated heterocycles. The first kappa shape index (κ1) is 15.3. The summed E-state index contributed by atoms with van der Waals surface area (Å²) in [5.74, 6) is 1.72. The molecule has 0 amide bonds. The number of ether oxygens (including phenoxy) is 1. The first-order chi connectivity index (χ1) is 8.76. The molecule has 0 aliphatic heterocycles. The van der Waals surface area contributed by atoms with E-state index in [1.165, 1.54) is 0 Å². The zero-order chi connectivity index (χ0) is 13.4. The smallest absolute Gasteiger partial charge is 0.215 e. The molecule has 1 aromatic heterocycles. The highest BCUT2D eigenvalue weighted by Gasteiger charge is 2.16. The van der Waals surface area contributed by atoms with Gasteiger partial charge in [0.1, 0.15) is 5.82 Å². The fourth-order valence-corrected chi connectivity index (χ4v) is 2.48. The minimum atomic E-state index is 0.534. The van der Waals surface area contributed by atoms with Gasteiger partial charge in [-0.3, -0.25) is 0 Å². The number of hydrogen-bond acceptors (Lipinski definition) is 3. The summed E-state index contributed by atoms with van der Waals surface area (Å²) in [5.41, 5.74) is 0. The lowest BCUT2D eigenvalue weighted by atomic mass is 10.1. The molecule has 0 aliphatic rings. The monoisotopic (exact) mass is 314 g/mol. The van der Waals surface area contributed by atoms with Crippen molar-refractivity contribution in [3.63, 3.8) is 0 Å². The zero-order valence-electron chi connectivity index (χ0n) is 11.5. The third kappa shape index (κ3) is 4.16. The Morgan fingerprint density at radius 3 is 2.56 bits per heavy atom. The number of rotatable bonds is 8. The SMILES string of the molecule is CCOc1cccc(N(CCBr)C(CC)CC)n1. The zero-order valence-corrected chi connectivity index (χ0v) is 13.1. The third-order valence-corrected chi connectivity index (χ3v) is 3.36. The van der Waals surface area contributed by atoms with Crippen molar-refractivity contribution in [1.82, 2.24) is 4.98 Å². The molecule has 1 heterocycles. The van der Waals surface area contributed by atoms with Crippen LogP contribution in [0.2, 0.25) is 0 Å². The summed E-state index contributed by atoms with van der Waals surface area (Å²) < 4.78 is 5.47. The van der Waals surface area contributed by atoms with Crippen LogP contribution in [0.1, 0.15) is 33.6 Å². The van der Waals surface area contributed by atoms with Crippen LogP contribution in [0.3, 0.4) is 0 Å². The van der Waals surface area contributed by atoms with Crippen LogP contribution < -0.4 is 9.64 Å². The predicted octanol–water partition coefficient (Wildman–Crippen LogP) is 3.87. The molecule has 0 saturated carbocycles. The Labute approximate surface area is 119 Å². The first-order valence-corrected chi connectivity index (χ1v) is 7.81. The van der Waals surface area contributed by atoms with E-state index in [-0.39, 0.29) is 0 Å². The molecule has 1 rings (SSSR count). The summed E-state index contributed by atoms with van der Waals surface area (Å²) >= 11 is 3.52. The van der Waals surface area contributed by atoms with Gasteiger partial charge in [-0.15, -0.1) is 0 Å². The summed E-state index contributed by atoms with van der Waals surface area (Å²) in [5, 5.41) is 0.948. The average molecular weight is 315 g/mol. The van der Waals surface area contributed by atoms with Gasteiger partial charge in [0.25, 0.3) is 0 Å². The quantitative estimate of drug-likeness (QED) is 0.681. The summed E-state index contributed by atoms with van der Waals surface area (Å²) in [6.07, 6.45) is 2.26. The van der Waals surface area contributed by atoms with E-state index in [2.05, 4.69) is 45.7 Å². The van der Waals surface area contributed by atoms with E-state index in [9.17, 15) is 0 Å². The Kier molecular flexibility index (Phi) is 7.09. The number of pyridine rings is 1. The first-order valence-electron chi connectivity index (χ1n) is 6.69. The maximum atomic E-state index is 5.47. The normalized spacial score (nSPS) is 10.7. The molecule has 4 heteroatoms. The van der Waals surface area contributed by atoms with Crippen molar-refractivity contribution in [1.29, 1.82) is 0 Å². The van der Waals surface area contributed by atoms with Crippen LogP contribution in [-0.4, -0.2) is 29.5 Å². The van der Waals surface area contributed by atoms with Crippen molar-refractivity contribution in [2.24, 2.45) is 0 Å².